The van der Waals surface area contributed by atoms with Crippen molar-refractivity contribution in [3.8, 4) is 10.6 Å². The molecule has 1 amide bonds. The van der Waals surface area contributed by atoms with E-state index in [1.54, 1.807) is 17.4 Å². The van der Waals surface area contributed by atoms with Crippen LogP contribution in [0.5, 0.6) is 0 Å². The van der Waals surface area contributed by atoms with Crippen molar-refractivity contribution in [2.45, 2.75) is 31.2 Å². The smallest absolute Gasteiger partial charge is 0.305 e. The third kappa shape index (κ3) is 2.82. The molecule has 2 aromatic rings. The van der Waals surface area contributed by atoms with E-state index in [1.165, 1.54) is 0 Å². The summed E-state index contributed by atoms with van der Waals surface area (Å²) < 4.78 is 0. The first-order chi connectivity index (χ1) is 10.1. The van der Waals surface area contributed by atoms with Gasteiger partial charge in [-0.15, -0.1) is 11.3 Å². The Hall–Kier alpha value is -2.15. The number of thiophene rings is 1. The second kappa shape index (κ2) is 5.33. The highest BCUT2D eigenvalue weighted by Crippen LogP contribution is 2.35. The fourth-order valence-corrected chi connectivity index (χ4v) is 3.23. The molecular formula is C14H15N3O3S. The van der Waals surface area contributed by atoms with Crippen LogP contribution in [0.3, 0.4) is 0 Å². The first-order valence-electron chi connectivity index (χ1n) is 6.72. The van der Waals surface area contributed by atoms with Crippen molar-refractivity contribution < 1.29 is 14.7 Å². The summed E-state index contributed by atoms with van der Waals surface area (Å²) in [6.45, 7) is 0. The Morgan fingerprint density at radius 1 is 1.48 bits per heavy atom. The fraction of sp³-hybridized carbons (Fsp3) is 0.357. The Bertz CT molecular complexity index is 659. The van der Waals surface area contributed by atoms with Gasteiger partial charge in [-0.3, -0.25) is 14.7 Å². The zero-order valence-electron chi connectivity index (χ0n) is 11.3. The van der Waals surface area contributed by atoms with Crippen molar-refractivity contribution in [3.05, 3.63) is 29.3 Å². The highest BCUT2D eigenvalue weighted by Gasteiger charge is 2.40. The van der Waals surface area contributed by atoms with E-state index in [0.29, 0.717) is 12.8 Å². The molecule has 0 atom stereocenters. The molecule has 2 heterocycles. The van der Waals surface area contributed by atoms with E-state index < -0.39 is 11.5 Å². The van der Waals surface area contributed by atoms with E-state index in [1.807, 2.05) is 17.5 Å². The molecule has 0 saturated heterocycles. The summed E-state index contributed by atoms with van der Waals surface area (Å²) in [5, 5.41) is 20.6. The van der Waals surface area contributed by atoms with E-state index in [4.69, 9.17) is 5.11 Å². The van der Waals surface area contributed by atoms with Gasteiger partial charge in [-0.2, -0.15) is 5.10 Å². The van der Waals surface area contributed by atoms with E-state index in [-0.39, 0.29) is 18.0 Å². The highest BCUT2D eigenvalue weighted by atomic mass is 32.1. The lowest BCUT2D eigenvalue weighted by atomic mass is 9.74. The van der Waals surface area contributed by atoms with Gasteiger partial charge in [0.1, 0.15) is 0 Å². The van der Waals surface area contributed by atoms with E-state index >= 15 is 0 Å². The van der Waals surface area contributed by atoms with Crippen molar-refractivity contribution >= 4 is 23.2 Å². The second-order valence-corrected chi connectivity index (χ2v) is 6.25. The summed E-state index contributed by atoms with van der Waals surface area (Å²) in [6.07, 6.45) is 2.30. The Morgan fingerprint density at radius 2 is 2.29 bits per heavy atom. The van der Waals surface area contributed by atoms with Gasteiger partial charge in [0.05, 0.1) is 22.5 Å². The van der Waals surface area contributed by atoms with Crippen LogP contribution >= 0.6 is 11.3 Å². The lowest BCUT2D eigenvalue weighted by Gasteiger charge is -2.41. The topological polar surface area (TPSA) is 95.1 Å². The molecule has 1 aliphatic rings. The number of carboxylic acids is 1. The average molecular weight is 305 g/mol. The number of nitrogens with zero attached hydrogens (tertiary/aromatic N) is 1. The summed E-state index contributed by atoms with van der Waals surface area (Å²) >= 11 is 1.56. The van der Waals surface area contributed by atoms with Crippen molar-refractivity contribution in [1.82, 2.24) is 15.5 Å². The number of aromatic nitrogens is 2. The first kappa shape index (κ1) is 13.8. The Kier molecular flexibility index (Phi) is 3.50. The summed E-state index contributed by atoms with van der Waals surface area (Å²) in [6, 6.07) is 5.56. The monoisotopic (exact) mass is 305 g/mol. The molecule has 0 aliphatic heterocycles. The van der Waals surface area contributed by atoms with Crippen molar-refractivity contribution in [2.75, 3.05) is 0 Å². The van der Waals surface area contributed by atoms with Crippen LogP contribution in [0.1, 0.15) is 36.2 Å². The molecule has 2 aromatic heterocycles. The zero-order chi connectivity index (χ0) is 14.9. The van der Waals surface area contributed by atoms with Crippen LogP contribution in [-0.4, -0.2) is 32.7 Å². The lowest BCUT2D eigenvalue weighted by Crippen LogP contribution is -2.54. The van der Waals surface area contributed by atoms with Gasteiger partial charge in [-0.1, -0.05) is 6.07 Å². The van der Waals surface area contributed by atoms with Crippen LogP contribution in [0.2, 0.25) is 0 Å². The first-order valence-corrected chi connectivity index (χ1v) is 7.60. The molecule has 0 unspecified atom stereocenters. The van der Waals surface area contributed by atoms with Gasteiger partial charge in [-0.05, 0) is 36.8 Å². The van der Waals surface area contributed by atoms with Gasteiger partial charge >= 0.3 is 5.97 Å². The van der Waals surface area contributed by atoms with Crippen molar-refractivity contribution in [3.63, 3.8) is 0 Å². The third-order valence-electron chi connectivity index (χ3n) is 3.78. The molecular weight excluding hydrogens is 290 g/mol. The van der Waals surface area contributed by atoms with E-state index in [9.17, 15) is 9.59 Å². The lowest BCUT2D eigenvalue weighted by molar-refractivity contribution is -0.139. The number of carbonyl (C=O) groups is 2. The number of carbonyl (C=O) groups excluding carboxylic acids is 1. The minimum absolute atomic E-state index is 0.0407. The van der Waals surface area contributed by atoms with Crippen LogP contribution < -0.4 is 5.32 Å². The predicted molar refractivity (Wildman–Crippen MR) is 78.2 cm³/mol. The Morgan fingerprint density at radius 3 is 2.86 bits per heavy atom. The van der Waals surface area contributed by atoms with Gasteiger partial charge in [-0.25, -0.2) is 0 Å². The average Bonchev–Trinajstić information content (AvgIpc) is 3.05. The van der Waals surface area contributed by atoms with Crippen LogP contribution in [0.4, 0.5) is 0 Å². The Balaban J connectivity index is 1.72. The number of carboxylic acid groups (broad SMARTS) is 1. The van der Waals surface area contributed by atoms with E-state index in [2.05, 4.69) is 15.5 Å². The zero-order valence-corrected chi connectivity index (χ0v) is 12.1. The minimum atomic E-state index is -0.892. The number of aliphatic carboxylic acids is 1. The molecule has 0 bridgehead atoms. The van der Waals surface area contributed by atoms with Gasteiger partial charge in [0.2, 0.25) is 0 Å². The van der Waals surface area contributed by atoms with Gasteiger partial charge in [0.15, 0.2) is 5.69 Å². The number of hydrogen-bond donors (Lipinski definition) is 3. The van der Waals surface area contributed by atoms with Crippen LogP contribution in [0.25, 0.3) is 10.6 Å². The number of amides is 1. The number of aromatic amines is 1. The molecule has 0 spiro atoms. The van der Waals surface area contributed by atoms with Gasteiger partial charge in [0.25, 0.3) is 5.91 Å². The molecule has 21 heavy (non-hydrogen) atoms. The second-order valence-electron chi connectivity index (χ2n) is 5.30. The largest absolute Gasteiger partial charge is 0.481 e. The van der Waals surface area contributed by atoms with Crippen LogP contribution in [0, 0.1) is 0 Å². The minimum Gasteiger partial charge on any atom is -0.481 e. The predicted octanol–water partition coefficient (Wildman–Crippen LogP) is 2.27. The normalized spacial score (nSPS) is 16.2. The standard InChI is InChI=1S/C14H15N3O3S/c18-12(19)8-14(4-2-5-14)15-13(20)10-7-9(16-17-10)11-3-1-6-21-11/h1,3,6-7H,2,4-5,8H2,(H,15,20)(H,16,17)(H,18,19). The quantitative estimate of drug-likeness (QED) is 0.789. The summed E-state index contributed by atoms with van der Waals surface area (Å²) in [4.78, 5) is 24.2. The van der Waals surface area contributed by atoms with Gasteiger partial charge in [0, 0.05) is 0 Å². The maximum Gasteiger partial charge on any atom is 0.305 e. The van der Waals surface area contributed by atoms with Gasteiger partial charge < -0.3 is 10.4 Å². The number of rotatable bonds is 5. The van der Waals surface area contributed by atoms with Crippen molar-refractivity contribution in [1.29, 1.82) is 0 Å². The molecule has 6 nitrogen and oxygen atoms in total. The fourth-order valence-electron chi connectivity index (χ4n) is 2.54. The molecule has 1 fully saturated rings. The summed E-state index contributed by atoms with van der Waals surface area (Å²) in [7, 11) is 0. The maximum atomic E-state index is 12.2. The SMILES string of the molecule is O=C(O)CC1(NC(=O)c2cc(-c3cccs3)[nH]n2)CCC1. The van der Waals surface area contributed by atoms with E-state index in [0.717, 1.165) is 17.0 Å². The molecule has 1 saturated carbocycles. The molecule has 0 aromatic carbocycles. The maximum absolute atomic E-state index is 12.2. The molecule has 110 valence electrons. The van der Waals surface area contributed by atoms with Crippen LogP contribution in [-0.2, 0) is 4.79 Å². The third-order valence-corrected chi connectivity index (χ3v) is 4.68. The molecule has 1 aliphatic carbocycles. The molecule has 7 heteroatoms. The Labute approximate surface area is 125 Å². The molecule has 3 rings (SSSR count). The molecule has 0 radical (unpaired) electrons. The highest BCUT2D eigenvalue weighted by molar-refractivity contribution is 7.13. The molecule has 3 N–H and O–H groups in total. The number of nitrogens with one attached hydrogen (secondary N) is 2. The van der Waals surface area contributed by atoms with Crippen molar-refractivity contribution in [2.24, 2.45) is 0 Å². The number of H-pyrrole nitrogens is 1. The summed E-state index contributed by atoms with van der Waals surface area (Å²) in [5.41, 5.74) is 0.469. The number of hydrogen-bond acceptors (Lipinski definition) is 4. The summed E-state index contributed by atoms with van der Waals surface area (Å²) in [5.74, 6) is -1.22. The van der Waals surface area contributed by atoms with Crippen LogP contribution in [0.15, 0.2) is 23.6 Å².